The maximum Gasteiger partial charge on any atom is 0.251 e. The van der Waals surface area contributed by atoms with E-state index in [-0.39, 0.29) is 12.0 Å². The SMILES string of the molecule is O=C(C1CCCCO1)N1CCC(COc2ccc(C3CC3)nn2)CC1. The largest absolute Gasteiger partial charge is 0.476 e. The summed E-state index contributed by atoms with van der Waals surface area (Å²) in [7, 11) is 0. The van der Waals surface area contributed by atoms with Gasteiger partial charge in [0.05, 0.1) is 12.3 Å². The molecule has 1 aromatic rings. The number of piperidine rings is 1. The summed E-state index contributed by atoms with van der Waals surface area (Å²) < 4.78 is 11.4. The van der Waals surface area contributed by atoms with E-state index in [0.29, 0.717) is 24.3 Å². The molecule has 3 heterocycles. The molecule has 3 aliphatic rings. The molecule has 6 nitrogen and oxygen atoms in total. The van der Waals surface area contributed by atoms with Crippen LogP contribution in [0, 0.1) is 5.92 Å². The molecule has 0 aromatic carbocycles. The smallest absolute Gasteiger partial charge is 0.251 e. The number of hydrogen-bond acceptors (Lipinski definition) is 5. The monoisotopic (exact) mass is 345 g/mol. The van der Waals surface area contributed by atoms with E-state index in [1.165, 1.54) is 12.8 Å². The highest BCUT2D eigenvalue weighted by molar-refractivity contribution is 5.81. The Hall–Kier alpha value is -1.69. The fourth-order valence-corrected chi connectivity index (χ4v) is 3.67. The van der Waals surface area contributed by atoms with Crippen LogP contribution in [0.2, 0.25) is 0 Å². The molecule has 0 N–H and O–H groups in total. The highest BCUT2D eigenvalue weighted by Crippen LogP contribution is 2.38. The number of likely N-dealkylation sites (tertiary alicyclic amines) is 1. The third kappa shape index (κ3) is 4.29. The molecular formula is C19H27N3O3. The lowest BCUT2D eigenvalue weighted by Gasteiger charge is -2.34. The topological polar surface area (TPSA) is 64.5 Å². The highest BCUT2D eigenvalue weighted by Gasteiger charge is 2.30. The zero-order chi connectivity index (χ0) is 17.1. The van der Waals surface area contributed by atoms with Gasteiger partial charge < -0.3 is 14.4 Å². The van der Waals surface area contributed by atoms with Gasteiger partial charge in [-0.3, -0.25) is 4.79 Å². The number of amides is 1. The predicted octanol–water partition coefficient (Wildman–Crippen LogP) is 2.54. The van der Waals surface area contributed by atoms with E-state index < -0.39 is 0 Å². The van der Waals surface area contributed by atoms with E-state index in [1.807, 2.05) is 17.0 Å². The van der Waals surface area contributed by atoms with Gasteiger partial charge in [0.1, 0.15) is 6.10 Å². The maximum absolute atomic E-state index is 12.5. The average Bonchev–Trinajstić information content (AvgIpc) is 3.53. The number of ether oxygens (including phenoxy) is 2. The molecule has 0 spiro atoms. The van der Waals surface area contributed by atoms with Gasteiger partial charge in [0.25, 0.3) is 5.91 Å². The van der Waals surface area contributed by atoms with Crippen molar-refractivity contribution in [3.63, 3.8) is 0 Å². The fourth-order valence-electron chi connectivity index (χ4n) is 3.67. The van der Waals surface area contributed by atoms with Gasteiger partial charge in [-0.25, -0.2) is 0 Å². The molecule has 6 heteroatoms. The van der Waals surface area contributed by atoms with E-state index >= 15 is 0 Å². The average molecular weight is 345 g/mol. The van der Waals surface area contributed by atoms with Crippen LogP contribution < -0.4 is 4.74 Å². The van der Waals surface area contributed by atoms with Crippen molar-refractivity contribution in [3.8, 4) is 5.88 Å². The molecule has 2 saturated heterocycles. The van der Waals surface area contributed by atoms with Gasteiger partial charge in [0.2, 0.25) is 5.88 Å². The summed E-state index contributed by atoms with van der Waals surface area (Å²) in [6, 6.07) is 3.96. The Balaban J connectivity index is 1.20. The van der Waals surface area contributed by atoms with Crippen molar-refractivity contribution in [1.29, 1.82) is 0 Å². The Morgan fingerprint density at radius 2 is 1.96 bits per heavy atom. The minimum Gasteiger partial charge on any atom is -0.476 e. The second-order valence-electron chi connectivity index (χ2n) is 7.51. The number of hydrogen-bond donors (Lipinski definition) is 0. The molecule has 136 valence electrons. The summed E-state index contributed by atoms with van der Waals surface area (Å²) in [6.07, 6.45) is 7.27. The molecule has 1 aliphatic carbocycles. The Kier molecular flexibility index (Phi) is 5.15. The van der Waals surface area contributed by atoms with Crippen LogP contribution in [-0.4, -0.2) is 53.4 Å². The summed E-state index contributed by atoms with van der Waals surface area (Å²) >= 11 is 0. The van der Waals surface area contributed by atoms with Gasteiger partial charge in [0.15, 0.2) is 0 Å². The summed E-state index contributed by atoms with van der Waals surface area (Å²) in [5.74, 6) is 1.89. The second-order valence-corrected chi connectivity index (χ2v) is 7.51. The third-order valence-corrected chi connectivity index (χ3v) is 5.50. The Morgan fingerprint density at radius 1 is 1.12 bits per heavy atom. The quantitative estimate of drug-likeness (QED) is 0.820. The highest BCUT2D eigenvalue weighted by atomic mass is 16.5. The van der Waals surface area contributed by atoms with E-state index in [0.717, 1.165) is 57.5 Å². The van der Waals surface area contributed by atoms with Crippen molar-refractivity contribution in [2.24, 2.45) is 5.92 Å². The molecule has 1 aromatic heterocycles. The summed E-state index contributed by atoms with van der Waals surface area (Å²) in [4.78, 5) is 14.5. The van der Waals surface area contributed by atoms with Crippen molar-refractivity contribution in [2.75, 3.05) is 26.3 Å². The minimum absolute atomic E-state index is 0.181. The van der Waals surface area contributed by atoms with Crippen LogP contribution in [0.25, 0.3) is 0 Å². The van der Waals surface area contributed by atoms with Crippen molar-refractivity contribution < 1.29 is 14.3 Å². The molecule has 3 fully saturated rings. The van der Waals surface area contributed by atoms with Gasteiger partial charge in [-0.15, -0.1) is 5.10 Å². The van der Waals surface area contributed by atoms with Gasteiger partial charge >= 0.3 is 0 Å². The lowest BCUT2D eigenvalue weighted by Crippen LogP contribution is -2.46. The first-order chi connectivity index (χ1) is 12.3. The van der Waals surface area contributed by atoms with Crippen molar-refractivity contribution in [2.45, 2.75) is 57.0 Å². The second kappa shape index (κ2) is 7.68. The number of nitrogens with zero attached hydrogens (tertiary/aromatic N) is 3. The van der Waals surface area contributed by atoms with Crippen LogP contribution in [0.4, 0.5) is 0 Å². The predicted molar refractivity (Wildman–Crippen MR) is 92.4 cm³/mol. The Morgan fingerprint density at radius 3 is 2.60 bits per heavy atom. The van der Waals surface area contributed by atoms with Crippen LogP contribution in [-0.2, 0) is 9.53 Å². The molecule has 0 bridgehead atoms. The normalized spacial score (nSPS) is 25.0. The van der Waals surface area contributed by atoms with E-state index in [2.05, 4.69) is 10.2 Å². The zero-order valence-corrected chi connectivity index (χ0v) is 14.7. The zero-order valence-electron chi connectivity index (χ0n) is 14.7. The van der Waals surface area contributed by atoms with Gasteiger partial charge in [0, 0.05) is 31.7 Å². The molecule has 1 amide bonds. The van der Waals surface area contributed by atoms with Crippen LogP contribution in [0.1, 0.15) is 56.6 Å². The molecule has 0 radical (unpaired) electrons. The number of aromatic nitrogens is 2. The first kappa shape index (κ1) is 16.8. The minimum atomic E-state index is -0.207. The Bertz CT molecular complexity index is 574. The molecule has 1 atom stereocenters. The molecular weight excluding hydrogens is 318 g/mol. The van der Waals surface area contributed by atoms with Gasteiger partial charge in [-0.05, 0) is 56.9 Å². The Labute approximate surface area is 148 Å². The molecule has 1 unspecified atom stereocenters. The fraction of sp³-hybridized carbons (Fsp3) is 0.737. The van der Waals surface area contributed by atoms with Gasteiger partial charge in [-0.2, -0.15) is 5.10 Å². The maximum atomic E-state index is 12.5. The van der Waals surface area contributed by atoms with Crippen LogP contribution >= 0.6 is 0 Å². The van der Waals surface area contributed by atoms with Gasteiger partial charge in [-0.1, -0.05) is 0 Å². The molecule has 1 saturated carbocycles. The summed E-state index contributed by atoms with van der Waals surface area (Å²) in [6.45, 7) is 2.98. The molecule has 25 heavy (non-hydrogen) atoms. The van der Waals surface area contributed by atoms with Crippen LogP contribution in [0.3, 0.4) is 0 Å². The lowest BCUT2D eigenvalue weighted by atomic mass is 9.97. The van der Waals surface area contributed by atoms with Crippen molar-refractivity contribution >= 4 is 5.91 Å². The van der Waals surface area contributed by atoms with Crippen LogP contribution in [0.5, 0.6) is 5.88 Å². The molecule has 4 rings (SSSR count). The number of rotatable bonds is 5. The number of carbonyl (C=O) groups excluding carboxylic acids is 1. The number of carbonyl (C=O) groups is 1. The summed E-state index contributed by atoms with van der Waals surface area (Å²) in [5, 5.41) is 8.43. The standard InChI is InChI=1S/C19H27N3O3/c23-19(17-3-1-2-12-24-17)22-10-8-14(9-11-22)13-25-18-7-6-16(20-21-18)15-4-5-15/h6-7,14-15,17H,1-5,8-13H2. The lowest BCUT2D eigenvalue weighted by molar-refractivity contribution is -0.148. The van der Waals surface area contributed by atoms with Crippen LogP contribution in [0.15, 0.2) is 12.1 Å². The van der Waals surface area contributed by atoms with Crippen molar-refractivity contribution in [1.82, 2.24) is 15.1 Å². The summed E-state index contributed by atoms with van der Waals surface area (Å²) in [5.41, 5.74) is 1.09. The first-order valence-electron chi connectivity index (χ1n) is 9.66. The third-order valence-electron chi connectivity index (χ3n) is 5.50. The van der Waals surface area contributed by atoms with E-state index in [9.17, 15) is 4.79 Å². The van der Waals surface area contributed by atoms with Crippen molar-refractivity contribution in [3.05, 3.63) is 17.8 Å². The van der Waals surface area contributed by atoms with E-state index in [4.69, 9.17) is 9.47 Å². The molecule has 2 aliphatic heterocycles. The van der Waals surface area contributed by atoms with E-state index in [1.54, 1.807) is 0 Å². The first-order valence-corrected chi connectivity index (χ1v) is 9.66.